The zero-order chi connectivity index (χ0) is 9.73. The topological polar surface area (TPSA) is 47.3 Å². The van der Waals surface area contributed by atoms with Crippen LogP contribution >= 0.6 is 0 Å². The summed E-state index contributed by atoms with van der Waals surface area (Å²) >= 11 is 0. The Balaban J connectivity index is 1.94. The second-order valence-electron chi connectivity index (χ2n) is 4.58. The number of hydrogen-bond donors (Lipinski definition) is 2. The third kappa shape index (κ3) is 5.24. The van der Waals surface area contributed by atoms with E-state index in [2.05, 4.69) is 19.2 Å². The van der Waals surface area contributed by atoms with Gasteiger partial charge in [-0.1, -0.05) is 0 Å². The summed E-state index contributed by atoms with van der Waals surface area (Å²) in [4.78, 5) is 0. The lowest BCUT2D eigenvalue weighted by Crippen LogP contribution is -2.37. The van der Waals surface area contributed by atoms with E-state index in [1.165, 1.54) is 12.8 Å². The number of nitrogens with two attached hydrogens (primary N) is 1. The van der Waals surface area contributed by atoms with E-state index in [9.17, 15) is 0 Å². The third-order valence-corrected chi connectivity index (χ3v) is 2.34. The van der Waals surface area contributed by atoms with Crippen molar-refractivity contribution in [2.45, 2.75) is 44.8 Å². The number of nitrogens with one attached hydrogen (secondary N) is 1. The summed E-state index contributed by atoms with van der Waals surface area (Å²) in [7, 11) is 0. The monoisotopic (exact) mass is 186 g/mol. The molecule has 3 N–H and O–H groups in total. The van der Waals surface area contributed by atoms with Crippen molar-refractivity contribution >= 4 is 0 Å². The van der Waals surface area contributed by atoms with E-state index in [-0.39, 0.29) is 5.54 Å². The summed E-state index contributed by atoms with van der Waals surface area (Å²) in [6.07, 6.45) is 3.88. The fraction of sp³-hybridized carbons (Fsp3) is 1.00. The molecule has 0 saturated carbocycles. The van der Waals surface area contributed by atoms with E-state index in [0.717, 1.165) is 26.1 Å². The van der Waals surface area contributed by atoms with E-state index in [4.69, 9.17) is 10.5 Å². The maximum Gasteiger partial charge on any atom is 0.0700 e. The predicted molar refractivity (Wildman–Crippen MR) is 54.7 cm³/mol. The summed E-state index contributed by atoms with van der Waals surface area (Å²) in [5.74, 6) is 0. The highest BCUT2D eigenvalue weighted by Crippen LogP contribution is 2.10. The molecule has 3 nitrogen and oxygen atoms in total. The zero-order valence-corrected chi connectivity index (χ0v) is 8.81. The van der Waals surface area contributed by atoms with Gasteiger partial charge in [-0.3, -0.25) is 0 Å². The molecule has 1 unspecified atom stereocenters. The van der Waals surface area contributed by atoms with Crippen LogP contribution in [0.1, 0.15) is 33.1 Å². The van der Waals surface area contributed by atoms with Gasteiger partial charge in [-0.15, -0.1) is 0 Å². The van der Waals surface area contributed by atoms with E-state index < -0.39 is 0 Å². The molecule has 3 heteroatoms. The highest BCUT2D eigenvalue weighted by molar-refractivity contribution is 4.74. The van der Waals surface area contributed by atoms with Crippen molar-refractivity contribution in [1.82, 2.24) is 5.32 Å². The van der Waals surface area contributed by atoms with Gasteiger partial charge in [0.1, 0.15) is 0 Å². The second-order valence-corrected chi connectivity index (χ2v) is 4.58. The molecule has 1 aliphatic heterocycles. The van der Waals surface area contributed by atoms with E-state index in [1.54, 1.807) is 0 Å². The minimum atomic E-state index is -0.0521. The van der Waals surface area contributed by atoms with Gasteiger partial charge in [0.2, 0.25) is 0 Å². The lowest BCUT2D eigenvalue weighted by atomic mass is 10.0. The van der Waals surface area contributed by atoms with Gasteiger partial charge in [0.15, 0.2) is 0 Å². The SMILES string of the molecule is CC(C)(N)CCNCC1CCCO1. The second kappa shape index (κ2) is 4.94. The molecule has 0 aliphatic carbocycles. The van der Waals surface area contributed by atoms with Gasteiger partial charge in [0.05, 0.1) is 6.10 Å². The molecule has 0 amide bonds. The molecule has 0 aromatic heterocycles. The smallest absolute Gasteiger partial charge is 0.0700 e. The first-order valence-corrected chi connectivity index (χ1v) is 5.19. The van der Waals surface area contributed by atoms with Gasteiger partial charge in [-0.2, -0.15) is 0 Å². The fourth-order valence-electron chi connectivity index (χ4n) is 1.48. The molecule has 0 aromatic carbocycles. The first-order valence-electron chi connectivity index (χ1n) is 5.19. The summed E-state index contributed by atoms with van der Waals surface area (Å²) in [5, 5.41) is 3.38. The molecule has 78 valence electrons. The van der Waals surface area contributed by atoms with Crippen LogP contribution < -0.4 is 11.1 Å². The van der Waals surface area contributed by atoms with Gasteiger partial charge in [-0.25, -0.2) is 0 Å². The average Bonchev–Trinajstić information content (AvgIpc) is 2.48. The minimum absolute atomic E-state index is 0.0521. The van der Waals surface area contributed by atoms with Gasteiger partial charge < -0.3 is 15.8 Å². The Labute approximate surface area is 81.0 Å². The van der Waals surface area contributed by atoms with Gasteiger partial charge in [0, 0.05) is 18.7 Å². The van der Waals surface area contributed by atoms with Crippen LogP contribution in [0.25, 0.3) is 0 Å². The summed E-state index contributed by atoms with van der Waals surface area (Å²) in [6, 6.07) is 0. The van der Waals surface area contributed by atoms with Gasteiger partial charge >= 0.3 is 0 Å². The van der Waals surface area contributed by atoms with Crippen LogP contribution in [0, 0.1) is 0 Å². The Morgan fingerprint density at radius 3 is 2.85 bits per heavy atom. The van der Waals surface area contributed by atoms with E-state index in [1.807, 2.05) is 0 Å². The third-order valence-electron chi connectivity index (χ3n) is 2.34. The Morgan fingerprint density at radius 1 is 1.54 bits per heavy atom. The van der Waals surface area contributed by atoms with Gasteiger partial charge in [-0.05, 0) is 39.7 Å². The molecule has 13 heavy (non-hydrogen) atoms. The van der Waals surface area contributed by atoms with E-state index in [0.29, 0.717) is 6.10 Å². The Bertz CT molecular complexity index is 136. The van der Waals surface area contributed by atoms with Crippen molar-refractivity contribution in [2.75, 3.05) is 19.7 Å². The molecule has 1 fully saturated rings. The zero-order valence-electron chi connectivity index (χ0n) is 8.81. The standard InChI is InChI=1S/C10H22N2O/c1-10(2,11)5-6-12-8-9-4-3-7-13-9/h9,12H,3-8,11H2,1-2H3. The molecule has 1 heterocycles. The molecule has 0 spiro atoms. The maximum atomic E-state index is 5.86. The first kappa shape index (κ1) is 11.0. The number of ether oxygens (including phenoxy) is 1. The Kier molecular flexibility index (Phi) is 4.16. The molecule has 0 bridgehead atoms. The molecular weight excluding hydrogens is 164 g/mol. The van der Waals surface area contributed by atoms with Crippen LogP contribution in [-0.2, 0) is 4.74 Å². The van der Waals surface area contributed by atoms with Crippen molar-refractivity contribution in [3.63, 3.8) is 0 Å². The normalized spacial score (nSPS) is 23.8. The highest BCUT2D eigenvalue weighted by Gasteiger charge is 2.15. The number of hydrogen-bond acceptors (Lipinski definition) is 3. The largest absolute Gasteiger partial charge is 0.377 e. The summed E-state index contributed by atoms with van der Waals surface area (Å²) in [6.45, 7) is 7.02. The fourth-order valence-corrected chi connectivity index (χ4v) is 1.48. The van der Waals surface area contributed by atoms with Gasteiger partial charge in [0.25, 0.3) is 0 Å². The lowest BCUT2D eigenvalue weighted by Gasteiger charge is -2.19. The van der Waals surface area contributed by atoms with E-state index >= 15 is 0 Å². The summed E-state index contributed by atoms with van der Waals surface area (Å²) in [5.41, 5.74) is 5.81. The van der Waals surface area contributed by atoms with Crippen LogP contribution in [0.4, 0.5) is 0 Å². The number of rotatable bonds is 5. The van der Waals surface area contributed by atoms with Crippen molar-refractivity contribution in [3.8, 4) is 0 Å². The summed E-state index contributed by atoms with van der Waals surface area (Å²) < 4.78 is 5.49. The molecule has 1 aliphatic rings. The quantitative estimate of drug-likeness (QED) is 0.627. The van der Waals surface area contributed by atoms with Crippen molar-refractivity contribution in [3.05, 3.63) is 0 Å². The highest BCUT2D eigenvalue weighted by atomic mass is 16.5. The lowest BCUT2D eigenvalue weighted by molar-refractivity contribution is 0.110. The van der Waals surface area contributed by atoms with Crippen LogP contribution in [0.2, 0.25) is 0 Å². The molecule has 1 rings (SSSR count). The van der Waals surface area contributed by atoms with Crippen LogP contribution in [0.15, 0.2) is 0 Å². The van der Waals surface area contributed by atoms with Crippen LogP contribution in [-0.4, -0.2) is 31.3 Å². The maximum absolute atomic E-state index is 5.86. The van der Waals surface area contributed by atoms with Crippen molar-refractivity contribution in [2.24, 2.45) is 5.73 Å². The van der Waals surface area contributed by atoms with Crippen molar-refractivity contribution < 1.29 is 4.74 Å². The van der Waals surface area contributed by atoms with Crippen LogP contribution in [0.5, 0.6) is 0 Å². The Hall–Kier alpha value is -0.120. The first-order chi connectivity index (χ1) is 6.08. The predicted octanol–water partition coefficient (Wildman–Crippen LogP) is 0.882. The molecule has 1 saturated heterocycles. The molecule has 0 radical (unpaired) electrons. The minimum Gasteiger partial charge on any atom is -0.377 e. The molecular formula is C10H22N2O. The molecule has 1 atom stereocenters. The van der Waals surface area contributed by atoms with Crippen molar-refractivity contribution in [1.29, 1.82) is 0 Å². The average molecular weight is 186 g/mol. The molecule has 0 aromatic rings. The Morgan fingerprint density at radius 2 is 2.31 bits per heavy atom. The van der Waals surface area contributed by atoms with Crippen LogP contribution in [0.3, 0.4) is 0 Å².